The van der Waals surface area contributed by atoms with Gasteiger partial charge in [0, 0.05) is 0 Å². The number of carbonyl (C=O) groups is 2. The van der Waals surface area contributed by atoms with Gasteiger partial charge in [0.15, 0.2) is 0 Å². The number of nitrogens with one attached hydrogen (secondary N) is 1. The predicted molar refractivity (Wildman–Crippen MR) is 87.1 cm³/mol. The van der Waals surface area contributed by atoms with Crippen molar-refractivity contribution in [3.63, 3.8) is 0 Å². The summed E-state index contributed by atoms with van der Waals surface area (Å²) in [5, 5.41) is 2.90. The fourth-order valence-electron chi connectivity index (χ4n) is 3.58. The zero-order chi connectivity index (χ0) is 17.2. The van der Waals surface area contributed by atoms with E-state index in [4.69, 9.17) is 4.74 Å². The van der Waals surface area contributed by atoms with Crippen molar-refractivity contribution in [2.75, 3.05) is 13.2 Å². The van der Waals surface area contributed by atoms with Gasteiger partial charge in [-0.3, -0.25) is 9.69 Å². The van der Waals surface area contributed by atoms with Crippen molar-refractivity contribution < 1.29 is 18.7 Å². The number of hydrogen-bond donors (Lipinski definition) is 1. The van der Waals surface area contributed by atoms with E-state index in [0.717, 1.165) is 19.3 Å². The first kappa shape index (κ1) is 16.7. The molecular formula is C18H23FN2O3. The monoisotopic (exact) mass is 334 g/mol. The second kappa shape index (κ2) is 6.79. The summed E-state index contributed by atoms with van der Waals surface area (Å²) in [5.74, 6) is 0.698. The molecule has 1 aromatic rings. The number of urea groups is 1. The van der Waals surface area contributed by atoms with Crippen molar-refractivity contribution in [3.05, 3.63) is 30.1 Å². The van der Waals surface area contributed by atoms with Gasteiger partial charge in [-0.05, 0) is 55.9 Å². The average Bonchev–Trinajstić information content (AvgIpc) is 2.81. The molecule has 130 valence electrons. The molecule has 24 heavy (non-hydrogen) atoms. The Hall–Kier alpha value is -2.11. The van der Waals surface area contributed by atoms with Gasteiger partial charge in [-0.15, -0.1) is 0 Å². The summed E-state index contributed by atoms with van der Waals surface area (Å²) in [7, 11) is 0. The molecule has 6 heteroatoms. The number of imide groups is 1. The second-order valence-corrected chi connectivity index (χ2v) is 6.62. The average molecular weight is 334 g/mol. The normalized spacial score (nSPS) is 26.8. The maximum atomic E-state index is 12.9. The van der Waals surface area contributed by atoms with E-state index in [-0.39, 0.29) is 30.9 Å². The quantitative estimate of drug-likeness (QED) is 0.842. The molecule has 0 aromatic heterocycles. The third-order valence-corrected chi connectivity index (χ3v) is 5.18. The molecule has 0 bridgehead atoms. The van der Waals surface area contributed by atoms with E-state index in [1.807, 2.05) is 0 Å². The van der Waals surface area contributed by atoms with Gasteiger partial charge in [0.1, 0.15) is 23.7 Å². The highest BCUT2D eigenvalue weighted by Gasteiger charge is 2.52. The van der Waals surface area contributed by atoms with E-state index in [2.05, 4.69) is 12.2 Å². The summed E-state index contributed by atoms with van der Waals surface area (Å²) in [6, 6.07) is 5.33. The van der Waals surface area contributed by atoms with Crippen molar-refractivity contribution in [2.24, 2.45) is 5.92 Å². The van der Waals surface area contributed by atoms with Crippen LogP contribution in [0.3, 0.4) is 0 Å². The summed E-state index contributed by atoms with van der Waals surface area (Å²) in [5.41, 5.74) is -0.710. The molecular weight excluding hydrogens is 311 g/mol. The number of amides is 3. The summed E-state index contributed by atoms with van der Waals surface area (Å²) in [6.45, 7) is 2.55. The topological polar surface area (TPSA) is 58.6 Å². The SMILES string of the molecule is CCC1CCC2(CC1)NC(=O)N(CCOc1ccc(F)cc1)C2=O. The molecule has 5 nitrogen and oxygen atoms in total. The maximum absolute atomic E-state index is 12.9. The Balaban J connectivity index is 1.56. The predicted octanol–water partition coefficient (Wildman–Crippen LogP) is 3.10. The Morgan fingerprint density at radius 3 is 2.54 bits per heavy atom. The van der Waals surface area contributed by atoms with Crippen LogP contribution in [0.4, 0.5) is 9.18 Å². The van der Waals surface area contributed by atoms with E-state index < -0.39 is 5.54 Å². The number of ether oxygens (including phenoxy) is 1. The number of carbonyl (C=O) groups excluding carboxylic acids is 2. The van der Waals surface area contributed by atoms with Crippen molar-refractivity contribution in [1.29, 1.82) is 0 Å². The molecule has 3 rings (SSSR count). The van der Waals surface area contributed by atoms with Crippen molar-refractivity contribution in [3.8, 4) is 5.75 Å². The lowest BCUT2D eigenvalue weighted by Crippen LogP contribution is -2.49. The van der Waals surface area contributed by atoms with Crippen LogP contribution in [0.5, 0.6) is 5.75 Å². The molecule has 0 unspecified atom stereocenters. The summed E-state index contributed by atoms with van der Waals surface area (Å²) < 4.78 is 18.3. The van der Waals surface area contributed by atoms with Gasteiger partial charge in [0.05, 0.1) is 6.54 Å². The maximum Gasteiger partial charge on any atom is 0.325 e. The first-order chi connectivity index (χ1) is 11.5. The smallest absolute Gasteiger partial charge is 0.325 e. The Bertz CT molecular complexity index is 609. The van der Waals surface area contributed by atoms with Crippen LogP contribution in [0.1, 0.15) is 39.0 Å². The van der Waals surface area contributed by atoms with Crippen LogP contribution in [0.15, 0.2) is 24.3 Å². The number of benzene rings is 1. The minimum atomic E-state index is -0.710. The summed E-state index contributed by atoms with van der Waals surface area (Å²) in [4.78, 5) is 26.1. The van der Waals surface area contributed by atoms with Crippen LogP contribution < -0.4 is 10.1 Å². The standard InChI is InChI=1S/C18H23FN2O3/c1-2-13-7-9-18(10-8-13)16(22)21(17(23)20-18)11-12-24-15-5-3-14(19)4-6-15/h3-6,13H,2,7-12H2,1H3,(H,20,23). The van der Waals surface area contributed by atoms with Crippen LogP contribution in [-0.4, -0.2) is 35.5 Å². The van der Waals surface area contributed by atoms with Gasteiger partial charge in [-0.2, -0.15) is 0 Å². The minimum Gasteiger partial charge on any atom is -0.492 e. The molecule has 1 aliphatic heterocycles. The van der Waals surface area contributed by atoms with Crippen molar-refractivity contribution >= 4 is 11.9 Å². The van der Waals surface area contributed by atoms with Gasteiger partial charge in [-0.1, -0.05) is 13.3 Å². The lowest BCUT2D eigenvalue weighted by molar-refractivity contribution is -0.133. The highest BCUT2D eigenvalue weighted by atomic mass is 19.1. The van der Waals surface area contributed by atoms with Crippen LogP contribution >= 0.6 is 0 Å². The number of nitrogens with zero attached hydrogens (tertiary/aromatic N) is 1. The van der Waals surface area contributed by atoms with E-state index in [1.165, 1.54) is 29.2 Å². The van der Waals surface area contributed by atoms with E-state index in [1.54, 1.807) is 0 Å². The molecule has 2 fully saturated rings. The van der Waals surface area contributed by atoms with Gasteiger partial charge in [0.25, 0.3) is 5.91 Å². The largest absolute Gasteiger partial charge is 0.492 e. The molecule has 0 radical (unpaired) electrons. The molecule has 1 N–H and O–H groups in total. The molecule has 1 spiro atoms. The Kier molecular flexibility index (Phi) is 4.73. The van der Waals surface area contributed by atoms with Gasteiger partial charge >= 0.3 is 6.03 Å². The Labute approximate surface area is 141 Å². The first-order valence-corrected chi connectivity index (χ1v) is 8.56. The van der Waals surface area contributed by atoms with Crippen molar-refractivity contribution in [2.45, 2.75) is 44.6 Å². The summed E-state index contributed by atoms with van der Waals surface area (Å²) >= 11 is 0. The van der Waals surface area contributed by atoms with Crippen LogP contribution in [0.25, 0.3) is 0 Å². The molecule has 1 saturated heterocycles. The molecule has 1 aliphatic carbocycles. The number of hydrogen-bond acceptors (Lipinski definition) is 3. The number of rotatable bonds is 5. The van der Waals surface area contributed by atoms with Gasteiger partial charge in [-0.25, -0.2) is 9.18 Å². The number of halogens is 1. The van der Waals surface area contributed by atoms with Crippen LogP contribution in [-0.2, 0) is 4.79 Å². The fraction of sp³-hybridized carbons (Fsp3) is 0.556. The molecule has 1 heterocycles. The van der Waals surface area contributed by atoms with Gasteiger partial charge < -0.3 is 10.1 Å². The lowest BCUT2D eigenvalue weighted by Gasteiger charge is -2.34. The molecule has 3 amide bonds. The van der Waals surface area contributed by atoms with Crippen LogP contribution in [0.2, 0.25) is 0 Å². The second-order valence-electron chi connectivity index (χ2n) is 6.62. The lowest BCUT2D eigenvalue weighted by atomic mass is 9.75. The Morgan fingerprint density at radius 2 is 1.92 bits per heavy atom. The minimum absolute atomic E-state index is 0.134. The molecule has 1 saturated carbocycles. The zero-order valence-electron chi connectivity index (χ0n) is 13.9. The van der Waals surface area contributed by atoms with E-state index in [9.17, 15) is 14.0 Å². The van der Waals surface area contributed by atoms with Gasteiger partial charge in [0.2, 0.25) is 0 Å². The van der Waals surface area contributed by atoms with E-state index in [0.29, 0.717) is 24.5 Å². The molecule has 2 aliphatic rings. The molecule has 0 atom stereocenters. The first-order valence-electron chi connectivity index (χ1n) is 8.56. The highest BCUT2D eigenvalue weighted by molar-refractivity contribution is 6.07. The fourth-order valence-corrected chi connectivity index (χ4v) is 3.58. The van der Waals surface area contributed by atoms with Crippen molar-refractivity contribution in [1.82, 2.24) is 10.2 Å². The van der Waals surface area contributed by atoms with Crippen LogP contribution in [0, 0.1) is 11.7 Å². The molecule has 1 aromatic carbocycles. The Morgan fingerprint density at radius 1 is 1.25 bits per heavy atom. The highest BCUT2D eigenvalue weighted by Crippen LogP contribution is 2.37. The van der Waals surface area contributed by atoms with E-state index >= 15 is 0 Å². The third-order valence-electron chi connectivity index (χ3n) is 5.18. The summed E-state index contributed by atoms with van der Waals surface area (Å²) in [6.07, 6.45) is 4.50. The third kappa shape index (κ3) is 3.23. The zero-order valence-corrected chi connectivity index (χ0v) is 13.9.